The lowest BCUT2D eigenvalue weighted by Crippen LogP contribution is -2.44. The first kappa shape index (κ1) is 21.9. The number of amides is 1. The van der Waals surface area contributed by atoms with Crippen molar-refractivity contribution in [2.75, 3.05) is 19.7 Å². The SMILES string of the molecule is Cc1ccccc1OC[C@@H](C)NC(=O)C1CCN(Cc2ccc(Cl)c(Cl)c2)CC1. The van der Waals surface area contributed by atoms with E-state index in [1.54, 1.807) is 0 Å². The molecule has 6 heteroatoms. The molecule has 2 aromatic rings. The molecule has 0 bridgehead atoms. The van der Waals surface area contributed by atoms with Crippen molar-refractivity contribution < 1.29 is 9.53 Å². The molecule has 3 rings (SSSR count). The molecule has 1 amide bonds. The molecule has 0 radical (unpaired) electrons. The van der Waals surface area contributed by atoms with Gasteiger partial charge in [-0.3, -0.25) is 9.69 Å². The molecule has 0 saturated carbocycles. The van der Waals surface area contributed by atoms with Crippen LogP contribution >= 0.6 is 23.2 Å². The van der Waals surface area contributed by atoms with Crippen molar-refractivity contribution >= 4 is 29.1 Å². The number of benzene rings is 2. The van der Waals surface area contributed by atoms with Gasteiger partial charge < -0.3 is 10.1 Å². The van der Waals surface area contributed by atoms with Gasteiger partial charge in [-0.25, -0.2) is 0 Å². The van der Waals surface area contributed by atoms with Crippen molar-refractivity contribution in [2.45, 2.75) is 39.3 Å². The number of nitrogens with zero attached hydrogens (tertiary/aromatic N) is 1. The zero-order chi connectivity index (χ0) is 20.8. The minimum Gasteiger partial charge on any atom is -0.491 e. The van der Waals surface area contributed by atoms with E-state index >= 15 is 0 Å². The van der Waals surface area contributed by atoms with Crippen LogP contribution in [0.15, 0.2) is 42.5 Å². The molecule has 29 heavy (non-hydrogen) atoms. The Labute approximate surface area is 183 Å². The summed E-state index contributed by atoms with van der Waals surface area (Å²) in [5.41, 5.74) is 2.24. The summed E-state index contributed by atoms with van der Waals surface area (Å²) in [6, 6.07) is 13.6. The summed E-state index contributed by atoms with van der Waals surface area (Å²) < 4.78 is 5.85. The largest absolute Gasteiger partial charge is 0.491 e. The second-order valence-electron chi connectivity index (χ2n) is 7.79. The summed E-state index contributed by atoms with van der Waals surface area (Å²) >= 11 is 12.1. The van der Waals surface area contributed by atoms with E-state index in [0.29, 0.717) is 16.7 Å². The number of hydrogen-bond acceptors (Lipinski definition) is 3. The highest BCUT2D eigenvalue weighted by Crippen LogP contribution is 2.25. The Morgan fingerprint density at radius 3 is 2.59 bits per heavy atom. The molecular weight excluding hydrogens is 407 g/mol. The van der Waals surface area contributed by atoms with Crippen LogP contribution in [0.25, 0.3) is 0 Å². The molecule has 1 N–H and O–H groups in total. The van der Waals surface area contributed by atoms with Gasteiger partial charge in [0.2, 0.25) is 5.91 Å². The standard InChI is InChI=1S/C23H28Cl2N2O2/c1-16-5-3-4-6-22(16)29-15-17(2)26-23(28)19-9-11-27(12-10-19)14-18-7-8-20(24)21(25)13-18/h3-8,13,17,19H,9-12,14-15H2,1-2H3,(H,26,28)/t17-/m1/s1. The van der Waals surface area contributed by atoms with Crippen LogP contribution in [0.1, 0.15) is 30.9 Å². The number of rotatable bonds is 7. The first-order valence-corrected chi connectivity index (χ1v) is 10.8. The fourth-order valence-corrected chi connectivity index (χ4v) is 3.91. The van der Waals surface area contributed by atoms with Gasteiger partial charge in [0.1, 0.15) is 12.4 Å². The third-order valence-corrected chi connectivity index (χ3v) is 6.06. The maximum Gasteiger partial charge on any atom is 0.223 e. The molecule has 0 unspecified atom stereocenters. The highest BCUT2D eigenvalue weighted by Gasteiger charge is 2.26. The number of piperidine rings is 1. The van der Waals surface area contributed by atoms with Crippen molar-refractivity contribution in [1.82, 2.24) is 10.2 Å². The normalized spacial score (nSPS) is 16.4. The number of hydrogen-bond donors (Lipinski definition) is 1. The van der Waals surface area contributed by atoms with Gasteiger partial charge in [-0.05, 0) is 69.1 Å². The summed E-state index contributed by atoms with van der Waals surface area (Å²) in [5.74, 6) is 1.05. The number of carbonyl (C=O) groups excluding carboxylic acids is 1. The Morgan fingerprint density at radius 1 is 1.17 bits per heavy atom. The fraction of sp³-hybridized carbons (Fsp3) is 0.435. The van der Waals surface area contributed by atoms with Gasteiger partial charge >= 0.3 is 0 Å². The fourth-order valence-electron chi connectivity index (χ4n) is 3.58. The minimum absolute atomic E-state index is 0.0312. The van der Waals surface area contributed by atoms with Crippen LogP contribution in [-0.2, 0) is 11.3 Å². The van der Waals surface area contributed by atoms with Crippen molar-refractivity contribution in [3.63, 3.8) is 0 Å². The van der Waals surface area contributed by atoms with E-state index in [2.05, 4.69) is 10.2 Å². The quantitative estimate of drug-likeness (QED) is 0.658. The van der Waals surface area contributed by atoms with Crippen molar-refractivity contribution in [3.8, 4) is 5.75 Å². The van der Waals surface area contributed by atoms with Crippen LogP contribution in [-0.4, -0.2) is 36.5 Å². The monoisotopic (exact) mass is 434 g/mol. The predicted molar refractivity (Wildman–Crippen MR) is 119 cm³/mol. The Morgan fingerprint density at radius 2 is 1.90 bits per heavy atom. The molecule has 1 saturated heterocycles. The van der Waals surface area contributed by atoms with Gasteiger partial charge in [-0.2, -0.15) is 0 Å². The van der Waals surface area contributed by atoms with E-state index in [1.165, 1.54) is 0 Å². The molecule has 1 aliphatic heterocycles. The number of halogens is 2. The summed E-state index contributed by atoms with van der Waals surface area (Å²) in [6.07, 6.45) is 1.72. The molecule has 1 fully saturated rings. The number of carbonyl (C=O) groups is 1. The topological polar surface area (TPSA) is 41.6 Å². The number of ether oxygens (including phenoxy) is 1. The molecule has 1 heterocycles. The van der Waals surface area contributed by atoms with Gasteiger partial charge in [0.05, 0.1) is 16.1 Å². The van der Waals surface area contributed by atoms with Gasteiger partial charge in [-0.1, -0.05) is 47.5 Å². The summed E-state index contributed by atoms with van der Waals surface area (Å²) in [7, 11) is 0. The number of nitrogens with one attached hydrogen (secondary N) is 1. The third-order valence-electron chi connectivity index (χ3n) is 5.32. The Kier molecular flexibility index (Phi) is 7.82. The van der Waals surface area contributed by atoms with Crippen LogP contribution in [0.5, 0.6) is 5.75 Å². The predicted octanol–water partition coefficient (Wildman–Crippen LogP) is 5.10. The van der Waals surface area contributed by atoms with Gasteiger partial charge in [0.15, 0.2) is 0 Å². The maximum absolute atomic E-state index is 12.6. The third kappa shape index (κ3) is 6.36. The maximum atomic E-state index is 12.6. The number of aryl methyl sites for hydroxylation is 1. The molecule has 1 aliphatic rings. The molecule has 2 aromatic carbocycles. The van der Waals surface area contributed by atoms with E-state index < -0.39 is 0 Å². The average Bonchev–Trinajstić information content (AvgIpc) is 2.70. The lowest BCUT2D eigenvalue weighted by Gasteiger charge is -2.32. The van der Waals surface area contributed by atoms with E-state index in [-0.39, 0.29) is 17.9 Å². The zero-order valence-electron chi connectivity index (χ0n) is 17.0. The molecular formula is C23H28Cl2N2O2. The molecule has 4 nitrogen and oxygen atoms in total. The van der Waals surface area contributed by atoms with Gasteiger partial charge in [-0.15, -0.1) is 0 Å². The molecule has 0 spiro atoms. The van der Waals surface area contributed by atoms with Gasteiger partial charge in [0.25, 0.3) is 0 Å². The average molecular weight is 435 g/mol. The summed E-state index contributed by atoms with van der Waals surface area (Å²) in [4.78, 5) is 15.0. The first-order valence-electron chi connectivity index (χ1n) is 10.1. The van der Waals surface area contributed by atoms with Crippen molar-refractivity contribution in [3.05, 3.63) is 63.6 Å². The lowest BCUT2D eigenvalue weighted by molar-refractivity contribution is -0.127. The van der Waals surface area contributed by atoms with E-state index in [9.17, 15) is 4.79 Å². The minimum atomic E-state index is -0.0312. The molecule has 1 atom stereocenters. The number of likely N-dealkylation sites (tertiary alicyclic amines) is 1. The van der Waals surface area contributed by atoms with Crippen molar-refractivity contribution in [2.24, 2.45) is 5.92 Å². The van der Waals surface area contributed by atoms with E-state index in [0.717, 1.165) is 49.4 Å². The van der Waals surface area contributed by atoms with Crippen LogP contribution < -0.4 is 10.1 Å². The second kappa shape index (κ2) is 10.3. The highest BCUT2D eigenvalue weighted by molar-refractivity contribution is 6.42. The Bertz CT molecular complexity index is 835. The van der Waals surface area contributed by atoms with E-state index in [4.69, 9.17) is 27.9 Å². The van der Waals surface area contributed by atoms with Gasteiger partial charge in [0, 0.05) is 12.5 Å². The van der Waals surface area contributed by atoms with Crippen LogP contribution in [0.2, 0.25) is 10.0 Å². The summed E-state index contributed by atoms with van der Waals surface area (Å²) in [6.45, 7) is 7.08. The lowest BCUT2D eigenvalue weighted by atomic mass is 9.95. The molecule has 0 aromatic heterocycles. The van der Waals surface area contributed by atoms with Crippen LogP contribution in [0, 0.1) is 12.8 Å². The molecule has 156 valence electrons. The Hall–Kier alpha value is -1.75. The van der Waals surface area contributed by atoms with Crippen molar-refractivity contribution in [1.29, 1.82) is 0 Å². The molecule has 0 aliphatic carbocycles. The summed E-state index contributed by atoms with van der Waals surface area (Å²) in [5, 5.41) is 4.26. The van der Waals surface area contributed by atoms with E-state index in [1.807, 2.05) is 56.3 Å². The zero-order valence-corrected chi connectivity index (χ0v) is 18.5. The first-order chi connectivity index (χ1) is 13.9. The smallest absolute Gasteiger partial charge is 0.223 e. The highest BCUT2D eigenvalue weighted by atomic mass is 35.5. The number of para-hydroxylation sites is 1. The van der Waals surface area contributed by atoms with Crippen LogP contribution in [0.4, 0.5) is 0 Å². The second-order valence-corrected chi connectivity index (χ2v) is 8.60. The Balaban J connectivity index is 1.41. The van der Waals surface area contributed by atoms with Crippen LogP contribution in [0.3, 0.4) is 0 Å².